The third-order valence-corrected chi connectivity index (χ3v) is 4.97. The molecule has 1 aromatic rings. The Labute approximate surface area is 109 Å². The van der Waals surface area contributed by atoms with Crippen molar-refractivity contribution in [3.63, 3.8) is 0 Å². The molecule has 1 saturated heterocycles. The first-order valence-electron chi connectivity index (χ1n) is 6.63. The number of likely N-dealkylation sites (tertiary alicyclic amines) is 1. The molecule has 17 heavy (non-hydrogen) atoms. The fourth-order valence-corrected chi connectivity index (χ4v) is 3.91. The van der Waals surface area contributed by atoms with Gasteiger partial charge in [-0.25, -0.2) is 0 Å². The van der Waals surface area contributed by atoms with Crippen molar-refractivity contribution in [2.75, 3.05) is 13.1 Å². The lowest BCUT2D eigenvalue weighted by Crippen LogP contribution is -2.43. The van der Waals surface area contributed by atoms with E-state index in [4.69, 9.17) is 5.73 Å². The van der Waals surface area contributed by atoms with Gasteiger partial charge in [0.2, 0.25) is 0 Å². The van der Waals surface area contributed by atoms with Gasteiger partial charge in [-0.15, -0.1) is 11.3 Å². The lowest BCUT2D eigenvalue weighted by atomic mass is 9.95. The van der Waals surface area contributed by atoms with Crippen molar-refractivity contribution in [3.8, 4) is 0 Å². The minimum Gasteiger partial charge on any atom is -0.326 e. The topological polar surface area (TPSA) is 29.3 Å². The fourth-order valence-electron chi connectivity index (χ4n) is 2.73. The number of nitrogens with zero attached hydrogens (tertiary/aromatic N) is 1. The molecule has 2 N–H and O–H groups in total. The number of nitrogens with two attached hydrogens (primary N) is 1. The van der Waals surface area contributed by atoms with Crippen molar-refractivity contribution >= 4 is 11.3 Å². The van der Waals surface area contributed by atoms with Crippen LogP contribution in [0.25, 0.3) is 0 Å². The second-order valence-electron chi connectivity index (χ2n) is 5.49. The monoisotopic (exact) mass is 252 g/mol. The highest BCUT2D eigenvalue weighted by atomic mass is 32.1. The Morgan fingerprint density at radius 2 is 2.06 bits per heavy atom. The molecule has 0 bridgehead atoms. The molecule has 1 aromatic heterocycles. The van der Waals surface area contributed by atoms with E-state index in [0.717, 1.165) is 5.92 Å². The summed E-state index contributed by atoms with van der Waals surface area (Å²) in [6, 6.07) is 2.84. The molecule has 0 radical (unpaired) electrons. The van der Waals surface area contributed by atoms with Crippen molar-refractivity contribution < 1.29 is 0 Å². The van der Waals surface area contributed by atoms with Crippen molar-refractivity contribution in [2.24, 2.45) is 11.7 Å². The Morgan fingerprint density at radius 1 is 1.41 bits per heavy atom. The largest absolute Gasteiger partial charge is 0.326 e. The van der Waals surface area contributed by atoms with Crippen LogP contribution < -0.4 is 5.73 Å². The molecule has 2 unspecified atom stereocenters. The second-order valence-corrected chi connectivity index (χ2v) is 6.44. The Morgan fingerprint density at radius 3 is 2.53 bits per heavy atom. The Kier molecular flexibility index (Phi) is 4.23. The normalized spacial score (nSPS) is 22.6. The summed E-state index contributed by atoms with van der Waals surface area (Å²) in [6.45, 7) is 9.10. The number of rotatable bonds is 3. The van der Waals surface area contributed by atoms with Gasteiger partial charge in [0.05, 0.1) is 6.04 Å². The third kappa shape index (κ3) is 2.90. The number of hydrogen-bond acceptors (Lipinski definition) is 3. The van der Waals surface area contributed by atoms with Crippen LogP contribution in [0.1, 0.15) is 43.2 Å². The number of thiophene rings is 1. The van der Waals surface area contributed by atoms with Crippen LogP contribution in [-0.2, 0) is 0 Å². The zero-order chi connectivity index (χ0) is 12.4. The summed E-state index contributed by atoms with van der Waals surface area (Å²) in [7, 11) is 0. The molecule has 0 aromatic carbocycles. The van der Waals surface area contributed by atoms with Crippen LogP contribution in [-0.4, -0.2) is 24.0 Å². The molecule has 0 amide bonds. The summed E-state index contributed by atoms with van der Waals surface area (Å²) in [5.74, 6) is 0.879. The molecule has 0 saturated carbocycles. The smallest absolute Gasteiger partial charge is 0.0593 e. The highest BCUT2D eigenvalue weighted by Gasteiger charge is 2.28. The standard InChI is InChI=1S/C14H24N2S/c1-10-4-7-16(8-5-10)13(12(3)15)14-11(2)6-9-17-14/h6,9-10,12-13H,4-5,7-8,15H2,1-3H3. The quantitative estimate of drug-likeness (QED) is 0.895. The minimum absolute atomic E-state index is 0.209. The van der Waals surface area contributed by atoms with Gasteiger partial charge in [-0.05, 0) is 62.7 Å². The van der Waals surface area contributed by atoms with Gasteiger partial charge in [-0.3, -0.25) is 4.90 Å². The molecule has 1 fully saturated rings. The van der Waals surface area contributed by atoms with Crippen molar-refractivity contribution in [1.29, 1.82) is 0 Å². The number of piperidine rings is 1. The zero-order valence-electron chi connectivity index (χ0n) is 11.1. The molecule has 96 valence electrons. The van der Waals surface area contributed by atoms with Crippen LogP contribution in [0.5, 0.6) is 0 Å². The third-order valence-electron chi connectivity index (χ3n) is 3.88. The van der Waals surface area contributed by atoms with E-state index in [0.29, 0.717) is 6.04 Å². The van der Waals surface area contributed by atoms with Gasteiger partial charge >= 0.3 is 0 Å². The van der Waals surface area contributed by atoms with Crippen LogP contribution in [0.3, 0.4) is 0 Å². The molecule has 1 aliphatic heterocycles. The van der Waals surface area contributed by atoms with E-state index >= 15 is 0 Å². The summed E-state index contributed by atoms with van der Waals surface area (Å²) < 4.78 is 0. The van der Waals surface area contributed by atoms with Gasteiger partial charge in [0.1, 0.15) is 0 Å². The van der Waals surface area contributed by atoms with Crippen LogP contribution in [0.2, 0.25) is 0 Å². The summed E-state index contributed by atoms with van der Waals surface area (Å²) in [5, 5.41) is 2.19. The summed E-state index contributed by atoms with van der Waals surface area (Å²) >= 11 is 1.86. The van der Waals surface area contributed by atoms with Crippen molar-refractivity contribution in [3.05, 3.63) is 21.9 Å². The number of aryl methyl sites for hydroxylation is 1. The summed E-state index contributed by atoms with van der Waals surface area (Å²) in [4.78, 5) is 4.05. The molecular weight excluding hydrogens is 228 g/mol. The van der Waals surface area contributed by atoms with Gasteiger partial charge < -0.3 is 5.73 Å². The van der Waals surface area contributed by atoms with E-state index in [1.54, 1.807) is 0 Å². The molecule has 0 aliphatic carbocycles. The van der Waals surface area contributed by atoms with Crippen LogP contribution in [0, 0.1) is 12.8 Å². The van der Waals surface area contributed by atoms with E-state index in [1.165, 1.54) is 36.4 Å². The Bertz CT molecular complexity index is 351. The summed E-state index contributed by atoms with van der Waals surface area (Å²) in [6.07, 6.45) is 2.63. The highest BCUT2D eigenvalue weighted by Crippen LogP contribution is 2.33. The van der Waals surface area contributed by atoms with Gasteiger partial charge in [-0.2, -0.15) is 0 Å². The Balaban J connectivity index is 2.16. The second kappa shape index (κ2) is 5.51. The maximum atomic E-state index is 6.23. The van der Waals surface area contributed by atoms with Gasteiger partial charge in [-0.1, -0.05) is 6.92 Å². The first-order valence-corrected chi connectivity index (χ1v) is 7.51. The zero-order valence-corrected chi connectivity index (χ0v) is 12.0. The molecule has 3 heteroatoms. The van der Waals surface area contributed by atoms with E-state index < -0.39 is 0 Å². The van der Waals surface area contributed by atoms with E-state index in [2.05, 4.69) is 37.1 Å². The minimum atomic E-state index is 0.209. The SMILES string of the molecule is Cc1ccsc1C(C(C)N)N1CCC(C)CC1. The van der Waals surface area contributed by atoms with Crippen LogP contribution in [0.15, 0.2) is 11.4 Å². The predicted octanol–water partition coefficient (Wildman–Crippen LogP) is 3.18. The molecule has 1 aliphatic rings. The fraction of sp³-hybridized carbons (Fsp3) is 0.714. The van der Waals surface area contributed by atoms with Gasteiger partial charge in [0.15, 0.2) is 0 Å². The molecule has 0 spiro atoms. The van der Waals surface area contributed by atoms with Crippen LogP contribution >= 0.6 is 11.3 Å². The maximum Gasteiger partial charge on any atom is 0.0593 e. The molecule has 2 nitrogen and oxygen atoms in total. The predicted molar refractivity (Wildman–Crippen MR) is 75.4 cm³/mol. The van der Waals surface area contributed by atoms with E-state index in [-0.39, 0.29) is 6.04 Å². The van der Waals surface area contributed by atoms with Gasteiger partial charge in [0, 0.05) is 10.9 Å². The van der Waals surface area contributed by atoms with Crippen molar-refractivity contribution in [2.45, 2.75) is 45.7 Å². The van der Waals surface area contributed by atoms with Gasteiger partial charge in [0.25, 0.3) is 0 Å². The average molecular weight is 252 g/mol. The highest BCUT2D eigenvalue weighted by molar-refractivity contribution is 7.10. The Hall–Kier alpha value is -0.380. The van der Waals surface area contributed by atoms with Crippen molar-refractivity contribution in [1.82, 2.24) is 4.90 Å². The maximum absolute atomic E-state index is 6.23. The molecular formula is C14H24N2S. The molecule has 2 heterocycles. The van der Waals surface area contributed by atoms with E-state index in [1.807, 2.05) is 11.3 Å². The lowest BCUT2D eigenvalue weighted by Gasteiger charge is -2.38. The summed E-state index contributed by atoms with van der Waals surface area (Å²) in [5.41, 5.74) is 7.63. The molecule has 2 rings (SSSR count). The average Bonchev–Trinajstić information content (AvgIpc) is 2.68. The number of hydrogen-bond donors (Lipinski definition) is 1. The molecule has 2 atom stereocenters. The first-order chi connectivity index (χ1) is 8.09. The first kappa shape index (κ1) is 13.1. The van der Waals surface area contributed by atoms with Crippen LogP contribution in [0.4, 0.5) is 0 Å². The van der Waals surface area contributed by atoms with E-state index in [9.17, 15) is 0 Å². The lowest BCUT2D eigenvalue weighted by molar-refractivity contribution is 0.125.